The Kier molecular flexibility index (Phi) is 4.06. The minimum Gasteiger partial charge on any atom is -0.462 e. The number of nitrogens with zero attached hydrogens (tertiary/aromatic N) is 1. The van der Waals surface area contributed by atoms with Crippen LogP contribution in [0, 0.1) is 13.8 Å². The highest BCUT2D eigenvalue weighted by atomic mass is 32.1. The first-order valence-corrected chi connectivity index (χ1v) is 7.80. The Morgan fingerprint density at radius 1 is 1.27 bits per heavy atom. The van der Waals surface area contributed by atoms with Crippen molar-refractivity contribution in [3.63, 3.8) is 0 Å². The number of carbonyl (C=O) groups excluding carboxylic acids is 1. The monoisotopic (exact) mass is 312 g/mol. The molecule has 1 amide bonds. The summed E-state index contributed by atoms with van der Waals surface area (Å²) in [6.07, 6.45) is 1.63. The van der Waals surface area contributed by atoms with E-state index >= 15 is 0 Å². The zero-order valence-corrected chi connectivity index (χ0v) is 13.2. The first-order chi connectivity index (χ1) is 10.6. The normalized spacial score (nSPS) is 10.6. The topological polar surface area (TPSA) is 55.1 Å². The molecule has 1 N–H and O–H groups in total. The molecular formula is C17H16N2O2S. The third-order valence-corrected chi connectivity index (χ3v) is 4.49. The molecule has 1 aromatic carbocycles. The van der Waals surface area contributed by atoms with Gasteiger partial charge in [0.2, 0.25) is 0 Å². The van der Waals surface area contributed by atoms with E-state index in [9.17, 15) is 4.79 Å². The number of hydrogen-bond acceptors (Lipinski definition) is 4. The van der Waals surface area contributed by atoms with Crippen molar-refractivity contribution < 1.29 is 9.21 Å². The zero-order valence-electron chi connectivity index (χ0n) is 12.4. The maximum Gasteiger partial charge on any atom is 0.251 e. The van der Waals surface area contributed by atoms with E-state index in [4.69, 9.17) is 4.42 Å². The van der Waals surface area contributed by atoms with Crippen LogP contribution in [0.15, 0.2) is 47.1 Å². The van der Waals surface area contributed by atoms with Gasteiger partial charge in [-0.1, -0.05) is 17.7 Å². The number of nitrogens with one attached hydrogen (secondary N) is 1. The molecule has 0 unspecified atom stereocenters. The predicted molar refractivity (Wildman–Crippen MR) is 86.9 cm³/mol. The number of amides is 1. The molecule has 3 aromatic rings. The molecule has 0 saturated heterocycles. The fraction of sp³-hybridized carbons (Fsp3) is 0.176. The van der Waals surface area contributed by atoms with Crippen LogP contribution in [0.4, 0.5) is 0 Å². The maximum atomic E-state index is 12.2. The number of aryl methyl sites for hydroxylation is 2. The molecule has 4 nitrogen and oxygen atoms in total. The van der Waals surface area contributed by atoms with Crippen molar-refractivity contribution in [1.29, 1.82) is 0 Å². The van der Waals surface area contributed by atoms with Crippen LogP contribution in [-0.4, -0.2) is 10.9 Å². The van der Waals surface area contributed by atoms with Crippen LogP contribution < -0.4 is 5.32 Å². The summed E-state index contributed by atoms with van der Waals surface area (Å²) in [4.78, 5) is 17.7. The summed E-state index contributed by atoms with van der Waals surface area (Å²) in [5, 5.41) is 3.78. The van der Waals surface area contributed by atoms with Gasteiger partial charge in [-0.3, -0.25) is 4.79 Å². The molecule has 0 saturated carbocycles. The van der Waals surface area contributed by atoms with Gasteiger partial charge in [-0.2, -0.15) is 0 Å². The van der Waals surface area contributed by atoms with E-state index in [0.29, 0.717) is 12.1 Å². The minimum atomic E-state index is -0.0731. The standard InChI is InChI=1S/C17H16N2O2S/c1-11-5-3-6-13(9-11)16(20)18-10-15-12(2)19-17(22-15)14-7-4-8-21-14/h3-9H,10H2,1-2H3,(H,18,20). The van der Waals surface area contributed by atoms with Crippen molar-refractivity contribution in [2.75, 3.05) is 0 Å². The summed E-state index contributed by atoms with van der Waals surface area (Å²) in [5.41, 5.74) is 2.66. The van der Waals surface area contributed by atoms with E-state index in [1.165, 1.54) is 11.3 Å². The van der Waals surface area contributed by atoms with Crippen LogP contribution in [0.1, 0.15) is 26.5 Å². The Balaban J connectivity index is 1.70. The van der Waals surface area contributed by atoms with Gasteiger partial charge in [0.15, 0.2) is 10.8 Å². The van der Waals surface area contributed by atoms with Crippen LogP contribution in [0.3, 0.4) is 0 Å². The summed E-state index contributed by atoms with van der Waals surface area (Å²) in [5.74, 6) is 0.681. The largest absolute Gasteiger partial charge is 0.462 e. The number of benzene rings is 1. The highest BCUT2D eigenvalue weighted by molar-refractivity contribution is 7.15. The van der Waals surface area contributed by atoms with Gasteiger partial charge in [-0.05, 0) is 38.1 Å². The molecule has 0 fully saturated rings. The van der Waals surface area contributed by atoms with E-state index in [1.807, 2.05) is 50.2 Å². The van der Waals surface area contributed by atoms with Gasteiger partial charge in [-0.25, -0.2) is 4.98 Å². The Morgan fingerprint density at radius 3 is 2.86 bits per heavy atom. The molecule has 2 heterocycles. The second-order valence-electron chi connectivity index (χ2n) is 5.06. The van der Waals surface area contributed by atoms with E-state index in [2.05, 4.69) is 10.3 Å². The lowest BCUT2D eigenvalue weighted by Crippen LogP contribution is -2.22. The molecule has 112 valence electrons. The highest BCUT2D eigenvalue weighted by Crippen LogP contribution is 2.28. The lowest BCUT2D eigenvalue weighted by Gasteiger charge is -2.04. The molecule has 0 aliphatic heterocycles. The van der Waals surface area contributed by atoms with Gasteiger partial charge in [-0.15, -0.1) is 11.3 Å². The molecule has 0 aliphatic rings. The van der Waals surface area contributed by atoms with Gasteiger partial charge in [0.05, 0.1) is 18.5 Å². The smallest absolute Gasteiger partial charge is 0.251 e. The quantitative estimate of drug-likeness (QED) is 0.793. The molecule has 0 atom stereocenters. The zero-order chi connectivity index (χ0) is 15.5. The number of aromatic nitrogens is 1. The van der Waals surface area contributed by atoms with Crippen molar-refractivity contribution in [3.8, 4) is 10.8 Å². The Bertz CT molecular complexity index is 791. The molecular weight excluding hydrogens is 296 g/mol. The molecule has 22 heavy (non-hydrogen) atoms. The fourth-order valence-electron chi connectivity index (χ4n) is 2.15. The molecule has 0 radical (unpaired) electrons. The van der Waals surface area contributed by atoms with Crippen LogP contribution in [-0.2, 0) is 6.54 Å². The van der Waals surface area contributed by atoms with E-state index < -0.39 is 0 Å². The van der Waals surface area contributed by atoms with E-state index in [0.717, 1.165) is 26.9 Å². The first kappa shape index (κ1) is 14.5. The van der Waals surface area contributed by atoms with E-state index in [-0.39, 0.29) is 5.91 Å². The van der Waals surface area contributed by atoms with Crippen molar-refractivity contribution in [2.24, 2.45) is 0 Å². The molecule has 3 rings (SSSR count). The second-order valence-corrected chi connectivity index (χ2v) is 6.14. The van der Waals surface area contributed by atoms with Crippen molar-refractivity contribution >= 4 is 17.2 Å². The van der Waals surface area contributed by atoms with Crippen LogP contribution >= 0.6 is 11.3 Å². The molecule has 0 spiro atoms. The number of hydrogen-bond donors (Lipinski definition) is 1. The fourth-order valence-corrected chi connectivity index (χ4v) is 3.12. The van der Waals surface area contributed by atoms with Gasteiger partial charge in [0.1, 0.15) is 0 Å². The van der Waals surface area contributed by atoms with Crippen molar-refractivity contribution in [1.82, 2.24) is 10.3 Å². The molecule has 5 heteroatoms. The molecule has 0 bridgehead atoms. The lowest BCUT2D eigenvalue weighted by molar-refractivity contribution is 0.0951. The summed E-state index contributed by atoms with van der Waals surface area (Å²) in [6.45, 7) is 4.38. The van der Waals surface area contributed by atoms with Crippen LogP contribution in [0.2, 0.25) is 0 Å². The highest BCUT2D eigenvalue weighted by Gasteiger charge is 2.12. The Morgan fingerprint density at radius 2 is 2.14 bits per heavy atom. The minimum absolute atomic E-state index is 0.0731. The van der Waals surface area contributed by atoms with Crippen molar-refractivity contribution in [3.05, 3.63) is 64.4 Å². The summed E-state index contributed by atoms with van der Waals surface area (Å²) in [6, 6.07) is 11.3. The Hall–Kier alpha value is -2.40. The number of carbonyl (C=O) groups is 1. The summed E-state index contributed by atoms with van der Waals surface area (Å²) < 4.78 is 5.36. The number of thiazole rings is 1. The van der Waals surface area contributed by atoms with Crippen LogP contribution in [0.5, 0.6) is 0 Å². The third-order valence-electron chi connectivity index (χ3n) is 3.31. The van der Waals surface area contributed by atoms with Gasteiger partial charge in [0.25, 0.3) is 5.91 Å². The molecule has 2 aromatic heterocycles. The summed E-state index contributed by atoms with van der Waals surface area (Å²) in [7, 11) is 0. The average Bonchev–Trinajstić information content (AvgIpc) is 3.14. The second kappa shape index (κ2) is 6.15. The SMILES string of the molecule is Cc1cccc(C(=O)NCc2sc(-c3ccco3)nc2C)c1. The van der Waals surface area contributed by atoms with Crippen LogP contribution in [0.25, 0.3) is 10.8 Å². The lowest BCUT2D eigenvalue weighted by atomic mass is 10.1. The van der Waals surface area contributed by atoms with Gasteiger partial charge >= 0.3 is 0 Å². The number of furan rings is 1. The van der Waals surface area contributed by atoms with E-state index in [1.54, 1.807) is 6.26 Å². The van der Waals surface area contributed by atoms with Gasteiger partial charge in [0, 0.05) is 10.4 Å². The molecule has 0 aliphatic carbocycles. The Labute approximate surface area is 132 Å². The average molecular weight is 312 g/mol. The number of rotatable bonds is 4. The van der Waals surface area contributed by atoms with Gasteiger partial charge < -0.3 is 9.73 Å². The summed E-state index contributed by atoms with van der Waals surface area (Å²) >= 11 is 1.54. The maximum absolute atomic E-state index is 12.2. The first-order valence-electron chi connectivity index (χ1n) is 6.98. The predicted octanol–water partition coefficient (Wildman–Crippen LogP) is 3.95. The third kappa shape index (κ3) is 3.09. The van der Waals surface area contributed by atoms with Crippen molar-refractivity contribution in [2.45, 2.75) is 20.4 Å².